The lowest BCUT2D eigenvalue weighted by atomic mass is 9.73. The van der Waals surface area contributed by atoms with Crippen molar-refractivity contribution >= 4 is 29.5 Å². The molecule has 2 aromatic carbocycles. The standard InChI is InChI=1S/C31H39N5O6/c1-30(2,33-29(41)42)27(39)32-24(15-9-14-22-12-7-8-13-23(22)19-37)26(38)36-17-16-25-31(20-36,28(40)35(3)34-25)18-21-10-5-4-6-11-21/h4-8,10-13,24,33,37H,9,14-20H2,1-3H3,(H,32,39)(H,41,42). The number of nitrogens with one attached hydrogen (secondary N) is 2. The van der Waals surface area contributed by atoms with Gasteiger partial charge in [0.25, 0.3) is 5.91 Å². The van der Waals surface area contributed by atoms with E-state index in [1.807, 2.05) is 54.6 Å². The summed E-state index contributed by atoms with van der Waals surface area (Å²) in [6.07, 6.45) is 0.844. The van der Waals surface area contributed by atoms with Crippen LogP contribution in [0.15, 0.2) is 59.7 Å². The molecule has 0 bridgehead atoms. The van der Waals surface area contributed by atoms with Gasteiger partial charge in [0.2, 0.25) is 11.8 Å². The summed E-state index contributed by atoms with van der Waals surface area (Å²) in [5, 5.41) is 29.8. The number of carbonyl (C=O) groups excluding carboxylic acids is 3. The Morgan fingerprint density at radius 1 is 1.07 bits per heavy atom. The smallest absolute Gasteiger partial charge is 0.405 e. The fourth-order valence-electron chi connectivity index (χ4n) is 5.81. The van der Waals surface area contributed by atoms with Gasteiger partial charge in [0.1, 0.15) is 17.0 Å². The van der Waals surface area contributed by atoms with Crippen molar-refractivity contribution in [2.24, 2.45) is 10.5 Å². The SMILES string of the molecule is CN1N=C2CCN(C(=O)C(CCCc3ccccc3CO)NC(=O)C(C)(C)NC(=O)O)CC2(Cc2ccccc2)C1=O. The highest BCUT2D eigenvalue weighted by Gasteiger charge is 2.54. The second kappa shape index (κ2) is 12.7. The van der Waals surface area contributed by atoms with E-state index in [1.165, 1.54) is 18.9 Å². The minimum Gasteiger partial charge on any atom is -0.465 e. The molecule has 0 spiro atoms. The first-order valence-electron chi connectivity index (χ1n) is 14.2. The lowest BCUT2D eigenvalue weighted by Gasteiger charge is -2.41. The van der Waals surface area contributed by atoms with Gasteiger partial charge < -0.3 is 25.7 Å². The number of aryl methyl sites for hydroxylation is 1. The molecule has 224 valence electrons. The largest absolute Gasteiger partial charge is 0.465 e. The van der Waals surface area contributed by atoms with Crippen molar-refractivity contribution in [1.29, 1.82) is 0 Å². The molecule has 1 fully saturated rings. The van der Waals surface area contributed by atoms with E-state index in [0.717, 1.165) is 22.4 Å². The van der Waals surface area contributed by atoms with Crippen molar-refractivity contribution in [2.45, 2.75) is 64.1 Å². The second-order valence-electron chi connectivity index (χ2n) is 11.5. The fourth-order valence-corrected chi connectivity index (χ4v) is 5.81. The highest BCUT2D eigenvalue weighted by atomic mass is 16.4. The molecule has 2 aliphatic rings. The summed E-state index contributed by atoms with van der Waals surface area (Å²) in [7, 11) is 1.62. The molecular formula is C31H39N5O6. The number of carboxylic acid groups (broad SMARTS) is 1. The van der Waals surface area contributed by atoms with Gasteiger partial charge in [-0.2, -0.15) is 5.10 Å². The maximum Gasteiger partial charge on any atom is 0.405 e. The van der Waals surface area contributed by atoms with Gasteiger partial charge in [0, 0.05) is 26.6 Å². The van der Waals surface area contributed by atoms with Crippen LogP contribution in [0.4, 0.5) is 4.79 Å². The molecule has 2 atom stereocenters. The summed E-state index contributed by atoms with van der Waals surface area (Å²) >= 11 is 0. The number of rotatable bonds is 11. The van der Waals surface area contributed by atoms with E-state index in [-0.39, 0.29) is 31.4 Å². The molecule has 0 aromatic heterocycles. The zero-order chi connectivity index (χ0) is 30.5. The molecule has 0 radical (unpaired) electrons. The Morgan fingerprint density at radius 2 is 1.74 bits per heavy atom. The molecule has 1 saturated heterocycles. The van der Waals surface area contributed by atoms with Gasteiger partial charge in [-0.3, -0.25) is 14.4 Å². The van der Waals surface area contributed by atoms with Gasteiger partial charge in [0.05, 0.1) is 12.3 Å². The second-order valence-corrected chi connectivity index (χ2v) is 11.5. The van der Waals surface area contributed by atoms with E-state index in [0.29, 0.717) is 32.2 Å². The van der Waals surface area contributed by atoms with Crippen molar-refractivity contribution in [3.05, 3.63) is 71.3 Å². The number of fused-ring (bicyclic) bond motifs is 1. The average Bonchev–Trinajstić information content (AvgIpc) is 3.20. The number of amides is 4. The molecule has 4 N–H and O–H groups in total. The Labute approximate surface area is 245 Å². The number of likely N-dealkylation sites (tertiary alicyclic amines) is 1. The van der Waals surface area contributed by atoms with E-state index < -0.39 is 29.0 Å². The summed E-state index contributed by atoms with van der Waals surface area (Å²) in [6.45, 7) is 3.22. The minimum absolute atomic E-state index is 0.103. The number of aliphatic hydroxyl groups excluding tert-OH is 1. The van der Waals surface area contributed by atoms with Crippen molar-refractivity contribution in [1.82, 2.24) is 20.5 Å². The van der Waals surface area contributed by atoms with Crippen LogP contribution in [0, 0.1) is 5.41 Å². The topological polar surface area (TPSA) is 152 Å². The monoisotopic (exact) mass is 577 g/mol. The predicted octanol–water partition coefficient (Wildman–Crippen LogP) is 2.32. The first-order chi connectivity index (χ1) is 20.0. The number of aliphatic hydroxyl groups is 1. The molecule has 4 rings (SSSR count). The van der Waals surface area contributed by atoms with Crippen LogP contribution in [0.25, 0.3) is 0 Å². The molecule has 0 aliphatic carbocycles. The van der Waals surface area contributed by atoms with Crippen LogP contribution in [-0.4, -0.2) is 81.4 Å². The molecular weight excluding hydrogens is 538 g/mol. The lowest BCUT2D eigenvalue weighted by molar-refractivity contribution is -0.142. The van der Waals surface area contributed by atoms with Crippen LogP contribution in [0.2, 0.25) is 0 Å². The molecule has 2 aromatic rings. The number of benzene rings is 2. The van der Waals surface area contributed by atoms with E-state index in [9.17, 15) is 29.4 Å². The van der Waals surface area contributed by atoms with Crippen LogP contribution in [0.3, 0.4) is 0 Å². The number of nitrogens with zero attached hydrogens (tertiary/aromatic N) is 3. The Bertz CT molecular complexity index is 1360. The lowest BCUT2D eigenvalue weighted by Crippen LogP contribution is -2.61. The summed E-state index contributed by atoms with van der Waals surface area (Å²) in [5.41, 5.74) is 0.973. The third kappa shape index (κ3) is 6.62. The predicted molar refractivity (Wildman–Crippen MR) is 156 cm³/mol. The van der Waals surface area contributed by atoms with Crippen LogP contribution in [0.5, 0.6) is 0 Å². The Balaban J connectivity index is 1.57. The van der Waals surface area contributed by atoms with Crippen molar-refractivity contribution in [3.8, 4) is 0 Å². The summed E-state index contributed by atoms with van der Waals surface area (Å²) in [5.74, 6) is -1.14. The van der Waals surface area contributed by atoms with Gasteiger partial charge in [-0.1, -0.05) is 54.6 Å². The van der Waals surface area contributed by atoms with Crippen LogP contribution < -0.4 is 10.6 Å². The highest BCUT2D eigenvalue weighted by Crippen LogP contribution is 2.38. The third-order valence-electron chi connectivity index (χ3n) is 8.08. The van der Waals surface area contributed by atoms with Crippen molar-refractivity contribution < 1.29 is 29.4 Å². The zero-order valence-corrected chi connectivity index (χ0v) is 24.3. The maximum absolute atomic E-state index is 14.1. The zero-order valence-electron chi connectivity index (χ0n) is 24.3. The Morgan fingerprint density at radius 3 is 2.40 bits per heavy atom. The van der Waals surface area contributed by atoms with Crippen LogP contribution in [0.1, 0.15) is 49.8 Å². The Kier molecular flexibility index (Phi) is 9.30. The highest BCUT2D eigenvalue weighted by molar-refractivity contribution is 6.13. The quantitative estimate of drug-likeness (QED) is 0.322. The van der Waals surface area contributed by atoms with E-state index in [1.54, 1.807) is 11.9 Å². The molecule has 0 saturated carbocycles. The van der Waals surface area contributed by atoms with Gasteiger partial charge in [0.15, 0.2) is 0 Å². The fraction of sp³-hybridized carbons (Fsp3) is 0.452. The minimum atomic E-state index is -1.48. The van der Waals surface area contributed by atoms with Gasteiger partial charge in [-0.25, -0.2) is 9.80 Å². The molecule has 42 heavy (non-hydrogen) atoms. The summed E-state index contributed by atoms with van der Waals surface area (Å²) < 4.78 is 0. The number of hydrogen-bond acceptors (Lipinski definition) is 6. The van der Waals surface area contributed by atoms with E-state index in [2.05, 4.69) is 15.7 Å². The van der Waals surface area contributed by atoms with E-state index >= 15 is 0 Å². The molecule has 2 heterocycles. The first-order valence-corrected chi connectivity index (χ1v) is 14.2. The Hall–Kier alpha value is -4.25. The molecule has 11 heteroatoms. The molecule has 4 amide bonds. The van der Waals surface area contributed by atoms with Crippen LogP contribution >= 0.6 is 0 Å². The third-order valence-corrected chi connectivity index (χ3v) is 8.08. The summed E-state index contributed by atoms with van der Waals surface area (Å²) in [6, 6.07) is 16.2. The average molecular weight is 578 g/mol. The maximum atomic E-state index is 14.1. The van der Waals surface area contributed by atoms with Gasteiger partial charge >= 0.3 is 6.09 Å². The van der Waals surface area contributed by atoms with E-state index in [4.69, 9.17) is 0 Å². The van der Waals surface area contributed by atoms with Crippen molar-refractivity contribution in [3.63, 3.8) is 0 Å². The van der Waals surface area contributed by atoms with Gasteiger partial charge in [-0.05, 0) is 56.2 Å². The normalized spacial score (nSPS) is 19.1. The number of carbonyl (C=O) groups is 4. The van der Waals surface area contributed by atoms with Crippen LogP contribution in [-0.2, 0) is 33.8 Å². The molecule has 2 unspecified atom stereocenters. The first kappa shape index (κ1) is 30.7. The molecule has 11 nitrogen and oxygen atoms in total. The molecule has 2 aliphatic heterocycles. The number of hydrogen-bond donors (Lipinski definition) is 4. The van der Waals surface area contributed by atoms with Crippen molar-refractivity contribution in [2.75, 3.05) is 20.1 Å². The summed E-state index contributed by atoms with van der Waals surface area (Å²) in [4.78, 5) is 53.7. The number of piperidine rings is 1. The van der Waals surface area contributed by atoms with Gasteiger partial charge in [-0.15, -0.1) is 0 Å². The number of hydrazone groups is 1.